The molecule has 1 aromatic heterocycles. The van der Waals surface area contributed by atoms with E-state index in [0.717, 1.165) is 6.42 Å². The molecule has 0 radical (unpaired) electrons. The Morgan fingerprint density at radius 3 is 3.05 bits per heavy atom. The van der Waals surface area contributed by atoms with Crippen molar-refractivity contribution >= 4 is 22.7 Å². The van der Waals surface area contributed by atoms with Crippen molar-refractivity contribution < 1.29 is 14.3 Å². The normalized spacial score (nSPS) is 19.0. The molecular formula is C13H12FN3O2. The van der Waals surface area contributed by atoms with Gasteiger partial charge in [-0.3, -0.25) is 0 Å². The third kappa shape index (κ3) is 1.89. The molecule has 0 saturated carbocycles. The number of carbonyl (C=O) groups is 1. The molecule has 0 amide bonds. The zero-order valence-electron chi connectivity index (χ0n) is 10.1. The Morgan fingerprint density at radius 2 is 2.26 bits per heavy atom. The van der Waals surface area contributed by atoms with Gasteiger partial charge in [-0.15, -0.1) is 0 Å². The van der Waals surface area contributed by atoms with Crippen LogP contribution >= 0.6 is 0 Å². The molecule has 2 heterocycles. The molecule has 0 aliphatic carbocycles. The van der Waals surface area contributed by atoms with Crippen LogP contribution in [0.25, 0.3) is 10.9 Å². The van der Waals surface area contributed by atoms with Gasteiger partial charge in [-0.25, -0.2) is 19.2 Å². The van der Waals surface area contributed by atoms with Crippen LogP contribution in [0.3, 0.4) is 0 Å². The van der Waals surface area contributed by atoms with E-state index in [2.05, 4.69) is 9.97 Å². The number of fused-ring (bicyclic) bond motifs is 1. The number of halogens is 1. The van der Waals surface area contributed by atoms with Gasteiger partial charge < -0.3 is 10.0 Å². The number of rotatable bonds is 2. The van der Waals surface area contributed by atoms with E-state index in [0.29, 0.717) is 24.2 Å². The van der Waals surface area contributed by atoms with E-state index < -0.39 is 17.8 Å². The molecule has 98 valence electrons. The molecule has 19 heavy (non-hydrogen) atoms. The summed E-state index contributed by atoms with van der Waals surface area (Å²) >= 11 is 0. The van der Waals surface area contributed by atoms with Gasteiger partial charge in [0.05, 0.1) is 0 Å². The standard InChI is InChI=1S/C13H12FN3O2/c14-9-4-1-3-8-11(9)15-7-16-12(8)17-6-2-5-10(17)13(18)19/h1,3-4,7,10H,2,5-6H2,(H,18,19)/t10-/m1/s1. The van der Waals surface area contributed by atoms with Crippen molar-refractivity contribution in [2.45, 2.75) is 18.9 Å². The number of nitrogens with zero attached hydrogens (tertiary/aromatic N) is 3. The van der Waals surface area contributed by atoms with Crippen LogP contribution in [0, 0.1) is 5.82 Å². The fourth-order valence-corrected chi connectivity index (χ4v) is 2.54. The van der Waals surface area contributed by atoms with Crippen molar-refractivity contribution in [2.75, 3.05) is 11.4 Å². The Morgan fingerprint density at radius 1 is 1.42 bits per heavy atom. The molecule has 1 aromatic carbocycles. The van der Waals surface area contributed by atoms with Crippen molar-refractivity contribution in [1.29, 1.82) is 0 Å². The fourth-order valence-electron chi connectivity index (χ4n) is 2.54. The summed E-state index contributed by atoms with van der Waals surface area (Å²) in [6.45, 7) is 0.611. The Kier molecular flexibility index (Phi) is 2.77. The molecule has 2 aromatic rings. The lowest BCUT2D eigenvalue weighted by molar-refractivity contribution is -0.138. The van der Waals surface area contributed by atoms with Crippen LogP contribution in [0.1, 0.15) is 12.8 Å². The number of carboxylic acids is 1. The smallest absolute Gasteiger partial charge is 0.326 e. The first kappa shape index (κ1) is 11.8. The molecular weight excluding hydrogens is 249 g/mol. The number of carboxylic acid groups (broad SMARTS) is 1. The topological polar surface area (TPSA) is 66.3 Å². The van der Waals surface area contributed by atoms with Gasteiger partial charge in [-0.2, -0.15) is 0 Å². The summed E-state index contributed by atoms with van der Waals surface area (Å²) in [5, 5.41) is 9.76. The summed E-state index contributed by atoms with van der Waals surface area (Å²) in [5.41, 5.74) is 0.225. The van der Waals surface area contributed by atoms with Crippen molar-refractivity contribution in [3.8, 4) is 0 Å². The first-order chi connectivity index (χ1) is 9.18. The van der Waals surface area contributed by atoms with Gasteiger partial charge in [0.2, 0.25) is 0 Å². The van der Waals surface area contributed by atoms with E-state index in [1.54, 1.807) is 17.0 Å². The van der Waals surface area contributed by atoms with E-state index in [1.165, 1.54) is 12.4 Å². The minimum absolute atomic E-state index is 0.225. The lowest BCUT2D eigenvalue weighted by atomic mass is 10.2. The number of para-hydroxylation sites is 1. The second-order valence-corrected chi connectivity index (χ2v) is 4.52. The summed E-state index contributed by atoms with van der Waals surface area (Å²) in [7, 11) is 0. The molecule has 1 aliphatic rings. The average molecular weight is 261 g/mol. The third-order valence-corrected chi connectivity index (χ3v) is 3.40. The highest BCUT2D eigenvalue weighted by Gasteiger charge is 2.32. The van der Waals surface area contributed by atoms with Gasteiger partial charge in [0, 0.05) is 11.9 Å². The minimum Gasteiger partial charge on any atom is -0.480 e. The molecule has 1 fully saturated rings. The molecule has 5 nitrogen and oxygen atoms in total. The summed E-state index contributed by atoms with van der Waals surface area (Å²) in [6.07, 6.45) is 2.64. The third-order valence-electron chi connectivity index (χ3n) is 3.40. The van der Waals surface area contributed by atoms with Crippen LogP contribution < -0.4 is 4.90 Å². The second-order valence-electron chi connectivity index (χ2n) is 4.52. The lowest BCUT2D eigenvalue weighted by Crippen LogP contribution is -2.36. The minimum atomic E-state index is -0.874. The maximum absolute atomic E-state index is 13.7. The number of anilines is 1. The van der Waals surface area contributed by atoms with Crippen LogP contribution in [0.2, 0.25) is 0 Å². The van der Waals surface area contributed by atoms with Gasteiger partial charge >= 0.3 is 5.97 Å². The Bertz CT molecular complexity index is 647. The predicted octanol–water partition coefficient (Wildman–Crippen LogP) is 1.82. The first-order valence-electron chi connectivity index (χ1n) is 6.07. The zero-order chi connectivity index (χ0) is 13.4. The van der Waals surface area contributed by atoms with Gasteiger partial charge in [0.25, 0.3) is 0 Å². The summed E-state index contributed by atoms with van der Waals surface area (Å²) in [4.78, 5) is 21.0. The molecule has 0 bridgehead atoms. The molecule has 1 saturated heterocycles. The lowest BCUT2D eigenvalue weighted by Gasteiger charge is -2.23. The Balaban J connectivity index is 2.15. The van der Waals surface area contributed by atoms with Crippen molar-refractivity contribution in [2.24, 2.45) is 0 Å². The maximum atomic E-state index is 13.7. The Hall–Kier alpha value is -2.24. The highest BCUT2D eigenvalue weighted by atomic mass is 19.1. The number of hydrogen-bond acceptors (Lipinski definition) is 4. The van der Waals surface area contributed by atoms with E-state index in [4.69, 9.17) is 0 Å². The molecule has 0 spiro atoms. The quantitative estimate of drug-likeness (QED) is 0.893. The monoisotopic (exact) mass is 261 g/mol. The van der Waals surface area contributed by atoms with Crippen LogP contribution in [-0.2, 0) is 4.79 Å². The number of benzene rings is 1. The van der Waals surface area contributed by atoms with Gasteiger partial charge in [0.1, 0.15) is 29.5 Å². The highest BCUT2D eigenvalue weighted by molar-refractivity contribution is 5.92. The van der Waals surface area contributed by atoms with Gasteiger partial charge in [-0.05, 0) is 25.0 Å². The molecule has 1 N–H and O–H groups in total. The van der Waals surface area contributed by atoms with Crippen LogP contribution in [0.15, 0.2) is 24.5 Å². The van der Waals surface area contributed by atoms with E-state index in [-0.39, 0.29) is 5.52 Å². The van der Waals surface area contributed by atoms with Gasteiger partial charge in [0.15, 0.2) is 0 Å². The molecule has 1 aliphatic heterocycles. The summed E-state index contributed by atoms with van der Waals surface area (Å²) < 4.78 is 13.7. The van der Waals surface area contributed by atoms with Crippen molar-refractivity contribution in [1.82, 2.24) is 9.97 Å². The van der Waals surface area contributed by atoms with Gasteiger partial charge in [-0.1, -0.05) is 6.07 Å². The number of hydrogen-bond donors (Lipinski definition) is 1. The largest absolute Gasteiger partial charge is 0.480 e. The Labute approximate surface area is 108 Å². The molecule has 3 rings (SSSR count). The van der Waals surface area contributed by atoms with Crippen LogP contribution in [-0.4, -0.2) is 33.6 Å². The maximum Gasteiger partial charge on any atom is 0.326 e. The number of aromatic nitrogens is 2. The SMILES string of the molecule is O=C(O)[C@H]1CCCN1c1ncnc2c(F)cccc12. The zero-order valence-corrected chi connectivity index (χ0v) is 10.1. The van der Waals surface area contributed by atoms with Crippen molar-refractivity contribution in [3.63, 3.8) is 0 Å². The predicted molar refractivity (Wildman–Crippen MR) is 67.5 cm³/mol. The van der Waals surface area contributed by atoms with Crippen molar-refractivity contribution in [3.05, 3.63) is 30.3 Å². The molecule has 1 atom stereocenters. The first-order valence-corrected chi connectivity index (χ1v) is 6.07. The molecule has 6 heteroatoms. The van der Waals surface area contributed by atoms with Crippen LogP contribution in [0.4, 0.5) is 10.2 Å². The average Bonchev–Trinajstić information content (AvgIpc) is 2.88. The molecule has 0 unspecified atom stereocenters. The fraction of sp³-hybridized carbons (Fsp3) is 0.308. The van der Waals surface area contributed by atoms with Crippen LogP contribution in [0.5, 0.6) is 0 Å². The summed E-state index contributed by atoms with van der Waals surface area (Å²) in [6, 6.07) is 4.03. The summed E-state index contributed by atoms with van der Waals surface area (Å²) in [5.74, 6) is -0.803. The second kappa shape index (κ2) is 4.46. The van der Waals surface area contributed by atoms with E-state index in [1.807, 2.05) is 0 Å². The van der Waals surface area contributed by atoms with E-state index >= 15 is 0 Å². The highest BCUT2D eigenvalue weighted by Crippen LogP contribution is 2.30. The van der Waals surface area contributed by atoms with E-state index in [9.17, 15) is 14.3 Å². The number of aliphatic carboxylic acids is 1.